The van der Waals surface area contributed by atoms with Crippen molar-refractivity contribution in [3.8, 4) is 11.5 Å². The van der Waals surface area contributed by atoms with Gasteiger partial charge in [0.25, 0.3) is 10.0 Å². The van der Waals surface area contributed by atoms with E-state index in [0.29, 0.717) is 10.6 Å². The normalized spacial score (nSPS) is 12.5. The summed E-state index contributed by atoms with van der Waals surface area (Å²) in [5.74, 6) is 1.49. The summed E-state index contributed by atoms with van der Waals surface area (Å²) in [5, 5.41) is 1.75. The van der Waals surface area contributed by atoms with E-state index in [1.165, 1.54) is 11.3 Å². The molecule has 0 fully saturated rings. The van der Waals surface area contributed by atoms with Gasteiger partial charge in [-0.2, -0.15) is 0 Å². The molecule has 3 aromatic rings. The van der Waals surface area contributed by atoms with E-state index in [2.05, 4.69) is 4.72 Å². The molecule has 1 atom stereocenters. The summed E-state index contributed by atoms with van der Waals surface area (Å²) >= 11 is 1.20. The van der Waals surface area contributed by atoms with Gasteiger partial charge in [-0.15, -0.1) is 11.3 Å². The first-order chi connectivity index (χ1) is 13.0. The van der Waals surface area contributed by atoms with Crippen LogP contribution in [0.2, 0.25) is 0 Å². The third-order valence-corrected chi connectivity index (χ3v) is 7.04. The highest BCUT2D eigenvalue weighted by atomic mass is 32.2. The zero-order chi connectivity index (χ0) is 19.3. The lowest BCUT2D eigenvalue weighted by molar-refractivity contribution is 0.414. The molecule has 1 N–H and O–H groups in total. The lowest BCUT2D eigenvalue weighted by Gasteiger charge is -2.19. The Balaban J connectivity index is 1.89. The number of thiophene rings is 1. The monoisotopic (exact) mass is 403 g/mol. The van der Waals surface area contributed by atoms with Crippen molar-refractivity contribution in [3.05, 3.63) is 77.2 Å². The van der Waals surface area contributed by atoms with Gasteiger partial charge in [0, 0.05) is 0 Å². The third kappa shape index (κ3) is 4.88. The fourth-order valence-electron chi connectivity index (χ4n) is 2.72. The Bertz CT molecular complexity index is 950. The quantitative estimate of drug-likeness (QED) is 0.617. The molecular formula is C20H21NO4S2. The first-order valence-electron chi connectivity index (χ1n) is 8.34. The molecule has 5 nitrogen and oxygen atoms in total. The fourth-order valence-corrected chi connectivity index (χ4v) is 4.96. The van der Waals surface area contributed by atoms with Gasteiger partial charge in [-0.3, -0.25) is 0 Å². The van der Waals surface area contributed by atoms with E-state index in [0.717, 1.165) is 22.6 Å². The molecule has 0 bridgehead atoms. The molecule has 2 aromatic carbocycles. The average molecular weight is 404 g/mol. The van der Waals surface area contributed by atoms with Gasteiger partial charge in [-0.05, 0) is 53.3 Å². The summed E-state index contributed by atoms with van der Waals surface area (Å²) in [4.78, 5) is 0. The van der Waals surface area contributed by atoms with Crippen LogP contribution in [-0.2, 0) is 16.4 Å². The van der Waals surface area contributed by atoms with E-state index >= 15 is 0 Å². The summed E-state index contributed by atoms with van der Waals surface area (Å²) < 4.78 is 39.0. The second-order valence-corrected chi connectivity index (χ2v) is 8.82. The van der Waals surface area contributed by atoms with Gasteiger partial charge >= 0.3 is 0 Å². The number of sulfonamides is 1. The van der Waals surface area contributed by atoms with Gasteiger partial charge in [0.2, 0.25) is 0 Å². The van der Waals surface area contributed by atoms with Gasteiger partial charge in [0.1, 0.15) is 15.7 Å². The molecule has 0 radical (unpaired) electrons. The summed E-state index contributed by atoms with van der Waals surface area (Å²) in [7, 11) is -0.384. The highest BCUT2D eigenvalue weighted by Gasteiger charge is 2.22. The van der Waals surface area contributed by atoms with Crippen LogP contribution in [0.5, 0.6) is 11.5 Å². The Kier molecular flexibility index (Phi) is 6.15. The number of hydrogen-bond donors (Lipinski definition) is 1. The minimum absolute atomic E-state index is 0.302. The number of benzene rings is 2. The molecule has 27 heavy (non-hydrogen) atoms. The van der Waals surface area contributed by atoms with Crippen LogP contribution in [0.4, 0.5) is 0 Å². The minimum Gasteiger partial charge on any atom is -0.497 e. The molecule has 0 unspecified atom stereocenters. The predicted octanol–water partition coefficient (Wildman–Crippen LogP) is 4.03. The maximum Gasteiger partial charge on any atom is 0.250 e. The van der Waals surface area contributed by atoms with Crippen molar-refractivity contribution in [2.45, 2.75) is 16.7 Å². The van der Waals surface area contributed by atoms with Crippen LogP contribution in [-0.4, -0.2) is 22.6 Å². The molecule has 0 aliphatic heterocycles. The van der Waals surface area contributed by atoms with Crippen LogP contribution in [0.3, 0.4) is 0 Å². The molecule has 0 saturated heterocycles. The maximum absolute atomic E-state index is 12.7. The molecule has 0 aliphatic carbocycles. The van der Waals surface area contributed by atoms with Gasteiger partial charge < -0.3 is 9.47 Å². The van der Waals surface area contributed by atoms with Crippen LogP contribution >= 0.6 is 11.3 Å². The number of ether oxygens (including phenoxy) is 2. The Morgan fingerprint density at radius 3 is 2.04 bits per heavy atom. The van der Waals surface area contributed by atoms with Gasteiger partial charge in [0.15, 0.2) is 0 Å². The average Bonchev–Trinajstić information content (AvgIpc) is 3.24. The van der Waals surface area contributed by atoms with E-state index in [1.54, 1.807) is 31.7 Å². The molecule has 1 aromatic heterocycles. The van der Waals surface area contributed by atoms with Crippen LogP contribution in [0.25, 0.3) is 0 Å². The highest BCUT2D eigenvalue weighted by molar-refractivity contribution is 7.91. The van der Waals surface area contributed by atoms with E-state index in [-0.39, 0.29) is 0 Å². The first-order valence-corrected chi connectivity index (χ1v) is 10.7. The number of hydrogen-bond acceptors (Lipinski definition) is 5. The van der Waals surface area contributed by atoms with E-state index < -0.39 is 16.1 Å². The SMILES string of the molecule is COc1ccc(C[C@@H](NS(=O)(=O)c2cccs2)c2ccc(OC)cc2)cc1. The Labute approximate surface area is 163 Å². The summed E-state index contributed by atoms with van der Waals surface area (Å²) in [6.45, 7) is 0. The molecule has 0 aliphatic rings. The second-order valence-electron chi connectivity index (χ2n) is 5.93. The molecule has 0 saturated carbocycles. The Morgan fingerprint density at radius 2 is 1.52 bits per heavy atom. The van der Waals surface area contributed by atoms with E-state index in [9.17, 15) is 8.42 Å². The Hall–Kier alpha value is -2.35. The Morgan fingerprint density at radius 1 is 0.926 bits per heavy atom. The van der Waals surface area contributed by atoms with Crippen molar-refractivity contribution >= 4 is 21.4 Å². The summed E-state index contributed by atoms with van der Waals surface area (Å²) in [5.41, 5.74) is 1.87. The minimum atomic E-state index is -3.60. The molecule has 7 heteroatoms. The largest absolute Gasteiger partial charge is 0.497 e. The number of nitrogens with one attached hydrogen (secondary N) is 1. The molecule has 0 spiro atoms. The van der Waals surface area contributed by atoms with Gasteiger partial charge in [-0.1, -0.05) is 30.3 Å². The maximum atomic E-state index is 12.7. The predicted molar refractivity (Wildman–Crippen MR) is 107 cm³/mol. The standard InChI is InChI=1S/C20H21NO4S2/c1-24-17-9-5-15(6-10-17)14-19(16-7-11-18(25-2)12-8-16)21-27(22,23)20-4-3-13-26-20/h3-13,19,21H,14H2,1-2H3/t19-/m1/s1. The van der Waals surface area contributed by atoms with Crippen LogP contribution in [0.1, 0.15) is 17.2 Å². The first kappa shape index (κ1) is 19.4. The molecule has 0 amide bonds. The lowest BCUT2D eigenvalue weighted by Crippen LogP contribution is -2.29. The van der Waals surface area contributed by atoms with Crippen molar-refractivity contribution in [2.75, 3.05) is 14.2 Å². The zero-order valence-electron chi connectivity index (χ0n) is 15.1. The van der Waals surface area contributed by atoms with Crippen molar-refractivity contribution in [3.63, 3.8) is 0 Å². The van der Waals surface area contributed by atoms with Crippen molar-refractivity contribution in [1.29, 1.82) is 0 Å². The molecular weight excluding hydrogens is 382 g/mol. The summed E-state index contributed by atoms with van der Waals surface area (Å²) in [6.07, 6.45) is 0.515. The van der Waals surface area contributed by atoms with Gasteiger partial charge in [-0.25, -0.2) is 13.1 Å². The topological polar surface area (TPSA) is 64.6 Å². The van der Waals surface area contributed by atoms with Crippen LogP contribution in [0, 0.1) is 0 Å². The van der Waals surface area contributed by atoms with Crippen molar-refractivity contribution < 1.29 is 17.9 Å². The van der Waals surface area contributed by atoms with Crippen LogP contribution < -0.4 is 14.2 Å². The zero-order valence-corrected chi connectivity index (χ0v) is 16.7. The highest BCUT2D eigenvalue weighted by Crippen LogP contribution is 2.26. The smallest absolute Gasteiger partial charge is 0.250 e. The fraction of sp³-hybridized carbons (Fsp3) is 0.200. The van der Waals surface area contributed by atoms with E-state index in [4.69, 9.17) is 9.47 Å². The molecule has 142 valence electrons. The second kappa shape index (κ2) is 8.56. The van der Waals surface area contributed by atoms with Crippen molar-refractivity contribution in [2.24, 2.45) is 0 Å². The summed E-state index contributed by atoms with van der Waals surface area (Å²) in [6, 6.07) is 18.0. The van der Waals surface area contributed by atoms with Crippen LogP contribution in [0.15, 0.2) is 70.3 Å². The number of methoxy groups -OCH3 is 2. The van der Waals surface area contributed by atoms with Gasteiger partial charge in [0.05, 0.1) is 20.3 Å². The van der Waals surface area contributed by atoms with Crippen molar-refractivity contribution in [1.82, 2.24) is 4.72 Å². The molecule has 3 rings (SSSR count). The third-order valence-electron chi connectivity index (χ3n) is 4.17. The van der Waals surface area contributed by atoms with E-state index in [1.807, 2.05) is 48.5 Å². The number of rotatable bonds is 8. The molecule has 1 heterocycles. The lowest BCUT2D eigenvalue weighted by atomic mass is 9.99.